The normalized spacial score (nSPS) is 13.5. The minimum absolute atomic E-state index is 0.0147. The second-order valence-corrected chi connectivity index (χ2v) is 14.1. The first-order valence-corrected chi connectivity index (χ1v) is 15.0. The van der Waals surface area contributed by atoms with Crippen LogP contribution < -0.4 is 5.32 Å². The Morgan fingerprint density at radius 2 is 1.45 bits per heavy atom. The average molecular weight is 476 g/mol. The number of rotatable bonds is 7. The molecule has 3 aromatic carbocycles. The van der Waals surface area contributed by atoms with E-state index in [-0.39, 0.29) is 12.5 Å². The summed E-state index contributed by atoms with van der Waals surface area (Å²) in [5.41, 5.74) is 5.85. The van der Waals surface area contributed by atoms with Gasteiger partial charge in [0.2, 0.25) is 8.32 Å². The van der Waals surface area contributed by atoms with Gasteiger partial charge in [-0.15, -0.1) is 0 Å². The van der Waals surface area contributed by atoms with Gasteiger partial charge in [0.05, 0.1) is 0 Å². The van der Waals surface area contributed by atoms with Gasteiger partial charge in [-0.1, -0.05) is 78.9 Å². The first-order chi connectivity index (χ1) is 15.8. The minimum Gasteiger partial charge on any atom is -0.538 e. The van der Waals surface area contributed by atoms with Gasteiger partial charge >= 0.3 is 6.09 Å². The Kier molecular flexibility index (Phi) is 6.96. The lowest BCUT2D eigenvalue weighted by atomic mass is 9.98. The number of benzene rings is 3. The molecule has 0 radical (unpaired) electrons. The molecule has 0 bridgehead atoms. The highest BCUT2D eigenvalue weighted by atomic mass is 32.1. The van der Waals surface area contributed by atoms with Gasteiger partial charge in [0.1, 0.15) is 12.6 Å². The molecule has 0 saturated heterocycles. The molecule has 1 unspecified atom stereocenters. The van der Waals surface area contributed by atoms with Gasteiger partial charge in [0.15, 0.2) is 5.05 Å². The zero-order valence-corrected chi connectivity index (χ0v) is 21.0. The number of hydrogen-bond donors (Lipinski definition) is 1. The van der Waals surface area contributed by atoms with Crippen LogP contribution in [0, 0.1) is 0 Å². The fourth-order valence-corrected chi connectivity index (χ4v) is 5.84. The maximum atomic E-state index is 12.9. The summed E-state index contributed by atoms with van der Waals surface area (Å²) in [6.45, 7) is 6.49. The molecule has 4 rings (SSSR count). The number of nitrogens with one attached hydrogen (secondary N) is 1. The van der Waals surface area contributed by atoms with Crippen LogP contribution in [0.3, 0.4) is 0 Å². The van der Waals surface area contributed by atoms with Gasteiger partial charge in [0.25, 0.3) is 0 Å². The van der Waals surface area contributed by atoms with Crippen LogP contribution in [-0.4, -0.2) is 32.1 Å². The number of alkyl carbamates (subject to hydrolysis) is 1. The van der Waals surface area contributed by atoms with Gasteiger partial charge in [-0.2, -0.15) is 0 Å². The summed E-state index contributed by atoms with van der Waals surface area (Å²) < 4.78 is 11.8. The smallest absolute Gasteiger partial charge is 0.407 e. The maximum absolute atomic E-state index is 12.9. The summed E-state index contributed by atoms with van der Waals surface area (Å²) in [4.78, 5) is 12.9. The number of fused-ring (bicyclic) bond motifs is 3. The van der Waals surface area contributed by atoms with E-state index < -0.39 is 20.5 Å². The molecule has 6 heteroatoms. The number of amides is 1. The highest BCUT2D eigenvalue weighted by Gasteiger charge is 2.30. The minimum atomic E-state index is -1.90. The van der Waals surface area contributed by atoms with E-state index in [4.69, 9.17) is 21.4 Å². The molecule has 0 saturated carbocycles. The second-order valence-electron chi connectivity index (χ2n) is 9.25. The van der Waals surface area contributed by atoms with Gasteiger partial charge in [0, 0.05) is 12.3 Å². The summed E-state index contributed by atoms with van der Waals surface area (Å²) in [6.07, 6.45) is 0.0632. The Hall–Kier alpha value is -2.96. The van der Waals surface area contributed by atoms with Crippen LogP contribution in [0.1, 0.15) is 22.6 Å². The summed E-state index contributed by atoms with van der Waals surface area (Å²) in [5, 5.41) is 3.36. The predicted molar refractivity (Wildman–Crippen MR) is 139 cm³/mol. The van der Waals surface area contributed by atoms with Crippen LogP contribution in [0.2, 0.25) is 19.6 Å². The number of carbonyl (C=O) groups excluding carboxylic acids is 1. The Morgan fingerprint density at radius 1 is 0.909 bits per heavy atom. The number of carbonyl (C=O) groups is 1. The van der Waals surface area contributed by atoms with Crippen molar-refractivity contribution in [2.24, 2.45) is 0 Å². The highest BCUT2D eigenvalue weighted by molar-refractivity contribution is 7.80. The number of thiocarbonyl (C=S) groups is 1. The average Bonchev–Trinajstić information content (AvgIpc) is 3.11. The third-order valence-electron chi connectivity index (χ3n) is 5.61. The first-order valence-electron chi connectivity index (χ1n) is 11.2. The summed E-state index contributed by atoms with van der Waals surface area (Å²) in [5.74, 6) is 0.0147. The van der Waals surface area contributed by atoms with E-state index >= 15 is 0 Å². The molecule has 1 aliphatic carbocycles. The van der Waals surface area contributed by atoms with Crippen molar-refractivity contribution in [1.82, 2.24) is 5.32 Å². The van der Waals surface area contributed by atoms with Gasteiger partial charge < -0.3 is 14.5 Å². The molecular weight excluding hydrogens is 446 g/mol. The van der Waals surface area contributed by atoms with Crippen molar-refractivity contribution in [2.45, 2.75) is 38.0 Å². The lowest BCUT2D eigenvalue weighted by Gasteiger charge is -2.26. The van der Waals surface area contributed by atoms with Crippen LogP contribution in [-0.2, 0) is 15.6 Å². The molecule has 170 valence electrons. The van der Waals surface area contributed by atoms with E-state index in [1.165, 1.54) is 22.3 Å². The van der Waals surface area contributed by atoms with Crippen LogP contribution in [0.4, 0.5) is 4.79 Å². The Balaban J connectivity index is 1.46. The van der Waals surface area contributed by atoms with Gasteiger partial charge in [-0.25, -0.2) is 4.79 Å². The fraction of sp³-hybridized carbons (Fsp3) is 0.259. The molecule has 0 fully saturated rings. The van der Waals surface area contributed by atoms with Gasteiger partial charge in [-0.05, 0) is 59.7 Å². The standard InChI is InChI=1S/C27H29NO3SSi/c1-33(2,3)31-26(32)25(17-19-11-5-4-6-12-19)28-27(29)30-18-24-22-15-9-7-13-20(22)21-14-8-10-16-23(21)24/h4-16,24-25H,17-18H2,1-3H3,(H,28,29). The van der Waals surface area contributed by atoms with Crippen molar-refractivity contribution in [2.75, 3.05) is 6.61 Å². The molecule has 0 aromatic heterocycles. The summed E-state index contributed by atoms with van der Waals surface area (Å²) in [6, 6.07) is 26.1. The predicted octanol–water partition coefficient (Wildman–Crippen LogP) is 6.32. The molecule has 0 heterocycles. The van der Waals surface area contributed by atoms with Crippen molar-refractivity contribution >= 4 is 31.7 Å². The van der Waals surface area contributed by atoms with Crippen LogP contribution in [0.15, 0.2) is 78.9 Å². The largest absolute Gasteiger partial charge is 0.538 e. The van der Waals surface area contributed by atoms with Crippen molar-refractivity contribution < 1.29 is 14.0 Å². The van der Waals surface area contributed by atoms with E-state index in [9.17, 15) is 4.79 Å². The quantitative estimate of drug-likeness (QED) is 0.321. The van der Waals surface area contributed by atoms with E-state index in [0.717, 1.165) is 5.56 Å². The lowest BCUT2D eigenvalue weighted by molar-refractivity contribution is 0.141. The van der Waals surface area contributed by atoms with Crippen molar-refractivity contribution in [1.29, 1.82) is 0 Å². The topological polar surface area (TPSA) is 47.6 Å². The van der Waals surface area contributed by atoms with E-state index in [2.05, 4.69) is 49.2 Å². The molecule has 1 aliphatic rings. The maximum Gasteiger partial charge on any atom is 0.407 e. The van der Waals surface area contributed by atoms with E-state index in [1.807, 2.05) is 54.6 Å². The zero-order valence-electron chi connectivity index (χ0n) is 19.2. The Bertz CT molecular complexity index is 1100. The van der Waals surface area contributed by atoms with Crippen LogP contribution >= 0.6 is 12.2 Å². The Labute approximate surface area is 202 Å². The van der Waals surface area contributed by atoms with Gasteiger partial charge in [-0.3, -0.25) is 0 Å². The molecular formula is C27H29NO3SSi. The molecule has 1 amide bonds. The van der Waals surface area contributed by atoms with Crippen LogP contribution in [0.25, 0.3) is 11.1 Å². The number of hydrogen-bond acceptors (Lipinski definition) is 4. The van der Waals surface area contributed by atoms with Crippen LogP contribution in [0.5, 0.6) is 0 Å². The third-order valence-corrected chi connectivity index (χ3v) is 6.96. The van der Waals surface area contributed by atoms with E-state index in [0.29, 0.717) is 11.5 Å². The molecule has 0 aliphatic heterocycles. The summed E-state index contributed by atoms with van der Waals surface area (Å²) in [7, 11) is -1.90. The summed E-state index contributed by atoms with van der Waals surface area (Å²) >= 11 is 5.58. The zero-order chi connectivity index (χ0) is 23.4. The monoisotopic (exact) mass is 475 g/mol. The molecule has 0 spiro atoms. The lowest BCUT2D eigenvalue weighted by Crippen LogP contribution is -2.46. The molecule has 33 heavy (non-hydrogen) atoms. The Morgan fingerprint density at radius 3 is 2.03 bits per heavy atom. The third kappa shape index (κ3) is 5.70. The highest BCUT2D eigenvalue weighted by Crippen LogP contribution is 2.44. The van der Waals surface area contributed by atoms with Crippen molar-refractivity contribution in [3.8, 4) is 11.1 Å². The van der Waals surface area contributed by atoms with Crippen molar-refractivity contribution in [3.05, 3.63) is 95.6 Å². The molecule has 1 N–H and O–H groups in total. The second kappa shape index (κ2) is 9.89. The molecule has 4 nitrogen and oxygen atoms in total. The number of ether oxygens (including phenoxy) is 1. The molecule has 1 atom stereocenters. The van der Waals surface area contributed by atoms with Crippen molar-refractivity contribution in [3.63, 3.8) is 0 Å². The van der Waals surface area contributed by atoms with E-state index in [1.54, 1.807) is 0 Å². The molecule has 3 aromatic rings. The fourth-order valence-electron chi connectivity index (χ4n) is 4.20. The first kappa shape index (κ1) is 23.2. The SMILES string of the molecule is C[Si](C)(C)OC(=S)C(Cc1ccccc1)NC(=O)OCC1c2ccccc2-c2ccccc21.